The SMILES string of the molecule is COc1cc(C(=O)N(C)CCO)cc(N)c1OC. The molecule has 0 radical (unpaired) electrons. The Labute approximate surface area is 106 Å². The van der Waals surface area contributed by atoms with E-state index in [-0.39, 0.29) is 19.1 Å². The molecule has 1 aromatic rings. The summed E-state index contributed by atoms with van der Waals surface area (Å²) < 4.78 is 10.2. The van der Waals surface area contributed by atoms with Crippen LogP contribution in [-0.4, -0.2) is 50.3 Å². The molecular weight excluding hydrogens is 236 g/mol. The summed E-state index contributed by atoms with van der Waals surface area (Å²) in [6.45, 7) is 0.165. The molecule has 0 saturated carbocycles. The first kappa shape index (κ1) is 14.1. The van der Waals surface area contributed by atoms with Crippen LogP contribution in [0.4, 0.5) is 5.69 Å². The fourth-order valence-corrected chi connectivity index (χ4v) is 1.59. The van der Waals surface area contributed by atoms with Gasteiger partial charge < -0.3 is 25.2 Å². The minimum absolute atomic E-state index is 0.0923. The van der Waals surface area contributed by atoms with Crippen LogP contribution in [0.15, 0.2) is 12.1 Å². The first-order chi connectivity index (χ1) is 8.54. The van der Waals surface area contributed by atoms with Gasteiger partial charge in [0.1, 0.15) is 0 Å². The molecule has 0 aliphatic rings. The van der Waals surface area contributed by atoms with E-state index in [0.29, 0.717) is 22.7 Å². The number of nitrogen functional groups attached to an aromatic ring is 1. The lowest BCUT2D eigenvalue weighted by atomic mass is 10.1. The highest BCUT2D eigenvalue weighted by molar-refractivity contribution is 5.96. The lowest BCUT2D eigenvalue weighted by Gasteiger charge is -2.17. The molecule has 100 valence electrons. The van der Waals surface area contributed by atoms with Crippen molar-refractivity contribution in [1.82, 2.24) is 4.90 Å². The number of rotatable bonds is 5. The molecule has 3 N–H and O–H groups in total. The zero-order valence-electron chi connectivity index (χ0n) is 10.8. The maximum Gasteiger partial charge on any atom is 0.253 e. The second kappa shape index (κ2) is 6.11. The fourth-order valence-electron chi connectivity index (χ4n) is 1.59. The summed E-state index contributed by atoms with van der Waals surface area (Å²) >= 11 is 0. The van der Waals surface area contributed by atoms with E-state index in [9.17, 15) is 4.79 Å². The maximum absolute atomic E-state index is 12.0. The number of nitrogens with zero attached hydrogens (tertiary/aromatic N) is 1. The van der Waals surface area contributed by atoms with Gasteiger partial charge in [-0.05, 0) is 12.1 Å². The van der Waals surface area contributed by atoms with E-state index in [4.69, 9.17) is 20.3 Å². The monoisotopic (exact) mass is 254 g/mol. The van der Waals surface area contributed by atoms with E-state index < -0.39 is 0 Å². The quantitative estimate of drug-likeness (QED) is 0.741. The van der Waals surface area contributed by atoms with E-state index in [2.05, 4.69) is 0 Å². The molecule has 0 atom stereocenters. The minimum atomic E-state index is -0.239. The van der Waals surface area contributed by atoms with Gasteiger partial charge in [0, 0.05) is 19.2 Å². The summed E-state index contributed by atoms with van der Waals surface area (Å²) in [6.07, 6.45) is 0. The number of benzene rings is 1. The van der Waals surface area contributed by atoms with Crippen LogP contribution in [0.5, 0.6) is 11.5 Å². The number of carbonyl (C=O) groups is 1. The highest BCUT2D eigenvalue weighted by Crippen LogP contribution is 2.34. The van der Waals surface area contributed by atoms with Crippen LogP contribution in [0.25, 0.3) is 0 Å². The standard InChI is InChI=1S/C12H18N2O4/c1-14(4-5-15)12(16)8-6-9(13)11(18-3)10(7-8)17-2/h6-7,15H,4-5,13H2,1-3H3. The van der Waals surface area contributed by atoms with Gasteiger partial charge in [-0.2, -0.15) is 0 Å². The first-order valence-corrected chi connectivity index (χ1v) is 5.43. The summed E-state index contributed by atoms with van der Waals surface area (Å²) in [7, 11) is 4.56. The molecule has 0 aliphatic heterocycles. The van der Waals surface area contributed by atoms with Crippen LogP contribution in [0, 0.1) is 0 Å². The van der Waals surface area contributed by atoms with Crippen LogP contribution >= 0.6 is 0 Å². The topological polar surface area (TPSA) is 85.0 Å². The number of amides is 1. The molecule has 0 spiro atoms. The van der Waals surface area contributed by atoms with E-state index in [1.807, 2.05) is 0 Å². The van der Waals surface area contributed by atoms with Gasteiger partial charge in [0.05, 0.1) is 26.5 Å². The molecule has 0 heterocycles. The Bertz CT molecular complexity index is 434. The number of anilines is 1. The third kappa shape index (κ3) is 2.84. The van der Waals surface area contributed by atoms with Crippen LogP contribution < -0.4 is 15.2 Å². The van der Waals surface area contributed by atoms with Crippen molar-refractivity contribution in [2.75, 3.05) is 40.2 Å². The average Bonchev–Trinajstić information content (AvgIpc) is 2.36. The summed E-state index contributed by atoms with van der Waals surface area (Å²) in [4.78, 5) is 13.4. The smallest absolute Gasteiger partial charge is 0.253 e. The molecule has 1 rings (SSSR count). The van der Waals surface area contributed by atoms with Gasteiger partial charge in [0.2, 0.25) is 0 Å². The lowest BCUT2D eigenvalue weighted by molar-refractivity contribution is 0.0766. The number of hydrogen-bond acceptors (Lipinski definition) is 5. The molecular formula is C12H18N2O4. The van der Waals surface area contributed by atoms with Gasteiger partial charge in [0.15, 0.2) is 11.5 Å². The average molecular weight is 254 g/mol. The number of hydrogen-bond donors (Lipinski definition) is 2. The molecule has 0 saturated heterocycles. The molecule has 0 aliphatic carbocycles. The van der Waals surface area contributed by atoms with Crippen LogP contribution in [0.3, 0.4) is 0 Å². The maximum atomic E-state index is 12.0. The van der Waals surface area contributed by atoms with Gasteiger partial charge in [-0.3, -0.25) is 4.79 Å². The Balaban J connectivity index is 3.11. The Morgan fingerprint density at radius 2 is 2.06 bits per heavy atom. The molecule has 0 aromatic heterocycles. The molecule has 6 nitrogen and oxygen atoms in total. The second-order valence-corrected chi connectivity index (χ2v) is 3.75. The highest BCUT2D eigenvalue weighted by atomic mass is 16.5. The van der Waals surface area contributed by atoms with Gasteiger partial charge in [-0.15, -0.1) is 0 Å². The summed E-state index contributed by atoms with van der Waals surface area (Å²) in [6, 6.07) is 3.09. The number of nitrogens with two attached hydrogens (primary N) is 1. The number of aliphatic hydroxyl groups is 1. The Morgan fingerprint density at radius 3 is 2.56 bits per heavy atom. The van der Waals surface area contributed by atoms with E-state index in [1.54, 1.807) is 13.1 Å². The van der Waals surface area contributed by atoms with Crippen LogP contribution in [0.1, 0.15) is 10.4 Å². The Morgan fingerprint density at radius 1 is 1.39 bits per heavy atom. The summed E-state index contributed by atoms with van der Waals surface area (Å²) in [5.74, 6) is 0.564. The number of ether oxygens (including phenoxy) is 2. The second-order valence-electron chi connectivity index (χ2n) is 3.75. The minimum Gasteiger partial charge on any atom is -0.493 e. The van der Waals surface area contributed by atoms with Crippen molar-refractivity contribution in [2.24, 2.45) is 0 Å². The lowest BCUT2D eigenvalue weighted by Crippen LogP contribution is -2.29. The number of carbonyl (C=O) groups excluding carboxylic acids is 1. The van der Waals surface area contributed by atoms with E-state index in [0.717, 1.165) is 0 Å². The van der Waals surface area contributed by atoms with Gasteiger partial charge in [-0.1, -0.05) is 0 Å². The zero-order valence-corrected chi connectivity index (χ0v) is 10.8. The summed E-state index contributed by atoms with van der Waals surface area (Å²) in [5, 5.41) is 8.81. The Hall–Kier alpha value is -1.95. The van der Waals surface area contributed by atoms with Crippen molar-refractivity contribution in [3.63, 3.8) is 0 Å². The first-order valence-electron chi connectivity index (χ1n) is 5.43. The van der Waals surface area contributed by atoms with Crippen molar-refractivity contribution in [1.29, 1.82) is 0 Å². The molecule has 1 aromatic carbocycles. The molecule has 18 heavy (non-hydrogen) atoms. The van der Waals surface area contributed by atoms with E-state index in [1.165, 1.54) is 25.2 Å². The third-order valence-electron chi connectivity index (χ3n) is 2.54. The molecule has 0 unspecified atom stereocenters. The van der Waals surface area contributed by atoms with Crippen molar-refractivity contribution >= 4 is 11.6 Å². The van der Waals surface area contributed by atoms with Gasteiger partial charge in [0.25, 0.3) is 5.91 Å². The Kier molecular flexibility index (Phi) is 4.79. The van der Waals surface area contributed by atoms with Crippen molar-refractivity contribution in [3.05, 3.63) is 17.7 Å². The zero-order chi connectivity index (χ0) is 13.7. The molecule has 6 heteroatoms. The van der Waals surface area contributed by atoms with Crippen molar-refractivity contribution in [2.45, 2.75) is 0 Å². The van der Waals surface area contributed by atoms with Gasteiger partial charge >= 0.3 is 0 Å². The molecule has 0 fully saturated rings. The van der Waals surface area contributed by atoms with E-state index >= 15 is 0 Å². The van der Waals surface area contributed by atoms with Crippen LogP contribution in [0.2, 0.25) is 0 Å². The predicted molar refractivity (Wildman–Crippen MR) is 68.0 cm³/mol. The number of likely N-dealkylation sites (N-methyl/N-ethyl adjacent to an activating group) is 1. The predicted octanol–water partition coefficient (Wildman–Crippen LogP) is 0.350. The van der Waals surface area contributed by atoms with Crippen molar-refractivity contribution < 1.29 is 19.4 Å². The summed E-state index contributed by atoms with van der Waals surface area (Å²) in [5.41, 5.74) is 6.52. The number of aliphatic hydroxyl groups excluding tert-OH is 1. The third-order valence-corrected chi connectivity index (χ3v) is 2.54. The van der Waals surface area contributed by atoms with Crippen molar-refractivity contribution in [3.8, 4) is 11.5 Å². The normalized spacial score (nSPS) is 10.0. The largest absolute Gasteiger partial charge is 0.493 e. The molecule has 1 amide bonds. The number of methoxy groups -OCH3 is 2. The highest BCUT2D eigenvalue weighted by Gasteiger charge is 2.17. The van der Waals surface area contributed by atoms with Crippen LogP contribution in [-0.2, 0) is 0 Å². The van der Waals surface area contributed by atoms with Gasteiger partial charge in [-0.25, -0.2) is 0 Å². The molecule has 0 bridgehead atoms. The fraction of sp³-hybridized carbons (Fsp3) is 0.417.